The molecule has 7 heteroatoms. The second-order valence-corrected chi connectivity index (χ2v) is 7.77. The predicted octanol–water partition coefficient (Wildman–Crippen LogP) is 1.94. The van der Waals surface area contributed by atoms with Gasteiger partial charge in [-0.25, -0.2) is 13.1 Å². The fourth-order valence-electron chi connectivity index (χ4n) is 2.61. The van der Waals surface area contributed by atoms with Gasteiger partial charge < -0.3 is 10.1 Å². The Labute approximate surface area is 147 Å². The minimum absolute atomic E-state index is 0.00677. The largest absolute Gasteiger partial charge is 0.477 e. The first kappa shape index (κ1) is 17.4. The van der Waals surface area contributed by atoms with Gasteiger partial charge in [-0.15, -0.1) is 0 Å². The van der Waals surface area contributed by atoms with E-state index in [0.29, 0.717) is 24.3 Å². The van der Waals surface area contributed by atoms with E-state index < -0.39 is 16.1 Å². The molecule has 0 bridgehead atoms. The zero-order valence-corrected chi connectivity index (χ0v) is 14.5. The van der Waals surface area contributed by atoms with E-state index in [1.54, 1.807) is 24.3 Å². The maximum atomic E-state index is 12.1. The lowest BCUT2D eigenvalue weighted by molar-refractivity contribution is -0.123. The van der Waals surface area contributed by atoms with E-state index >= 15 is 0 Å². The van der Waals surface area contributed by atoms with Gasteiger partial charge in [0.25, 0.3) is 5.91 Å². The van der Waals surface area contributed by atoms with Crippen molar-refractivity contribution in [1.82, 2.24) is 4.72 Å². The number of sulfonamides is 1. The Hall–Kier alpha value is -2.38. The number of anilines is 1. The summed E-state index contributed by atoms with van der Waals surface area (Å²) in [5, 5.41) is 2.71. The third-order valence-corrected chi connectivity index (χ3v) is 5.35. The van der Waals surface area contributed by atoms with E-state index in [2.05, 4.69) is 10.0 Å². The highest BCUT2D eigenvalue weighted by Gasteiger charge is 2.28. The normalized spacial score (nSPS) is 16.6. The zero-order valence-electron chi connectivity index (χ0n) is 13.6. The lowest BCUT2D eigenvalue weighted by Crippen LogP contribution is -2.45. The lowest BCUT2D eigenvalue weighted by Gasteiger charge is -2.25. The molecule has 2 N–H and O–H groups in total. The molecule has 1 amide bonds. The van der Waals surface area contributed by atoms with Crippen LogP contribution in [0.25, 0.3) is 0 Å². The molecule has 1 aliphatic rings. The molecule has 0 aromatic heterocycles. The fourth-order valence-corrected chi connectivity index (χ4v) is 3.69. The van der Waals surface area contributed by atoms with E-state index in [9.17, 15) is 13.2 Å². The molecular weight excluding hydrogens is 340 g/mol. The molecule has 0 aliphatic carbocycles. The zero-order chi connectivity index (χ0) is 17.7. The van der Waals surface area contributed by atoms with Crippen LogP contribution in [0.1, 0.15) is 12.0 Å². The number of rotatable bonds is 7. The number of nitrogens with one attached hydrogen (secondary N) is 2. The standard InChI is InChI=1S/C18H20N2O4S/c21-18-17(24-16-11-5-4-10-15(16)20-18)13-19-25(22,23)12-6-9-14-7-2-1-3-8-14/h1-5,7-8,10-11,17,19H,6,9,12-13H2,(H,20,21). The van der Waals surface area contributed by atoms with Gasteiger partial charge in [0.2, 0.25) is 10.0 Å². The van der Waals surface area contributed by atoms with Gasteiger partial charge in [0.1, 0.15) is 5.75 Å². The predicted molar refractivity (Wildman–Crippen MR) is 96.0 cm³/mol. The Bertz CT molecular complexity index is 837. The molecule has 2 aromatic carbocycles. The number of aryl methyl sites for hydroxylation is 1. The van der Waals surface area contributed by atoms with Crippen LogP contribution in [0.15, 0.2) is 54.6 Å². The Morgan fingerprint density at radius 1 is 1.04 bits per heavy atom. The molecule has 25 heavy (non-hydrogen) atoms. The molecule has 132 valence electrons. The van der Waals surface area contributed by atoms with Crippen molar-refractivity contribution in [2.45, 2.75) is 18.9 Å². The number of hydrogen-bond acceptors (Lipinski definition) is 4. The molecule has 6 nitrogen and oxygen atoms in total. The van der Waals surface area contributed by atoms with Crippen LogP contribution >= 0.6 is 0 Å². The van der Waals surface area contributed by atoms with Crippen LogP contribution in [0.5, 0.6) is 5.75 Å². The average Bonchev–Trinajstić information content (AvgIpc) is 2.61. The van der Waals surface area contributed by atoms with E-state index in [1.807, 2.05) is 30.3 Å². The van der Waals surface area contributed by atoms with Crippen LogP contribution < -0.4 is 14.8 Å². The third-order valence-electron chi connectivity index (χ3n) is 3.92. The van der Waals surface area contributed by atoms with Gasteiger partial charge in [-0.2, -0.15) is 0 Å². The molecule has 0 saturated heterocycles. The molecule has 0 spiro atoms. The monoisotopic (exact) mass is 360 g/mol. The minimum atomic E-state index is -3.46. The molecule has 3 rings (SSSR count). The van der Waals surface area contributed by atoms with Crippen molar-refractivity contribution in [3.63, 3.8) is 0 Å². The molecule has 0 fully saturated rings. The van der Waals surface area contributed by atoms with Crippen molar-refractivity contribution < 1.29 is 17.9 Å². The van der Waals surface area contributed by atoms with Crippen LogP contribution in [-0.2, 0) is 21.2 Å². The smallest absolute Gasteiger partial charge is 0.266 e. The number of carbonyl (C=O) groups is 1. The van der Waals surface area contributed by atoms with Gasteiger partial charge in [-0.3, -0.25) is 4.79 Å². The first-order valence-electron chi connectivity index (χ1n) is 8.11. The van der Waals surface area contributed by atoms with Crippen molar-refractivity contribution >= 4 is 21.6 Å². The molecular formula is C18H20N2O4S. The molecule has 1 heterocycles. The Morgan fingerprint density at radius 3 is 2.56 bits per heavy atom. The summed E-state index contributed by atoms with van der Waals surface area (Å²) in [5.74, 6) is 0.188. The van der Waals surface area contributed by atoms with E-state index in [1.165, 1.54) is 0 Å². The van der Waals surface area contributed by atoms with Gasteiger partial charge in [-0.1, -0.05) is 42.5 Å². The SMILES string of the molecule is O=C1Nc2ccccc2OC1CNS(=O)(=O)CCCc1ccccc1. The van der Waals surface area contributed by atoms with Crippen molar-refractivity contribution in [3.8, 4) is 5.75 Å². The van der Waals surface area contributed by atoms with Crippen molar-refractivity contribution in [2.75, 3.05) is 17.6 Å². The third kappa shape index (κ3) is 4.80. The molecule has 2 aromatic rings. The highest BCUT2D eigenvalue weighted by molar-refractivity contribution is 7.89. The van der Waals surface area contributed by atoms with Gasteiger partial charge in [0, 0.05) is 0 Å². The summed E-state index contributed by atoms with van der Waals surface area (Å²) >= 11 is 0. The quantitative estimate of drug-likeness (QED) is 0.790. The van der Waals surface area contributed by atoms with Gasteiger partial charge in [-0.05, 0) is 30.5 Å². The summed E-state index contributed by atoms with van der Waals surface area (Å²) in [6.45, 7) is -0.0894. The van der Waals surface area contributed by atoms with E-state index in [0.717, 1.165) is 5.56 Å². The summed E-state index contributed by atoms with van der Waals surface area (Å²) in [4.78, 5) is 12.0. The second-order valence-electron chi connectivity index (χ2n) is 5.85. The molecule has 1 atom stereocenters. The first-order chi connectivity index (χ1) is 12.0. The Kier molecular flexibility index (Phi) is 5.35. The van der Waals surface area contributed by atoms with Crippen LogP contribution in [0.3, 0.4) is 0 Å². The number of hydrogen-bond donors (Lipinski definition) is 2. The Balaban J connectivity index is 1.49. The van der Waals surface area contributed by atoms with E-state index in [-0.39, 0.29) is 18.2 Å². The van der Waals surface area contributed by atoms with Crippen molar-refractivity contribution in [2.24, 2.45) is 0 Å². The number of para-hydroxylation sites is 2. The van der Waals surface area contributed by atoms with Crippen molar-refractivity contribution in [3.05, 3.63) is 60.2 Å². The van der Waals surface area contributed by atoms with Gasteiger partial charge >= 0.3 is 0 Å². The fraction of sp³-hybridized carbons (Fsp3) is 0.278. The van der Waals surface area contributed by atoms with Crippen LogP contribution in [-0.4, -0.2) is 32.7 Å². The molecule has 1 unspecified atom stereocenters. The maximum Gasteiger partial charge on any atom is 0.266 e. The number of ether oxygens (including phenoxy) is 1. The minimum Gasteiger partial charge on any atom is -0.477 e. The highest BCUT2D eigenvalue weighted by Crippen LogP contribution is 2.28. The summed E-state index contributed by atoms with van der Waals surface area (Å²) in [5.41, 5.74) is 1.69. The van der Waals surface area contributed by atoms with Crippen LogP contribution in [0.2, 0.25) is 0 Å². The maximum absolute atomic E-state index is 12.1. The number of amides is 1. The Morgan fingerprint density at radius 2 is 1.76 bits per heavy atom. The molecule has 0 radical (unpaired) electrons. The highest BCUT2D eigenvalue weighted by atomic mass is 32.2. The van der Waals surface area contributed by atoms with Crippen LogP contribution in [0, 0.1) is 0 Å². The summed E-state index contributed by atoms with van der Waals surface area (Å²) < 4.78 is 32.3. The van der Waals surface area contributed by atoms with E-state index in [4.69, 9.17) is 4.74 Å². The second kappa shape index (κ2) is 7.67. The van der Waals surface area contributed by atoms with Crippen LogP contribution in [0.4, 0.5) is 5.69 Å². The van der Waals surface area contributed by atoms with Crippen molar-refractivity contribution in [1.29, 1.82) is 0 Å². The van der Waals surface area contributed by atoms with Gasteiger partial charge in [0.15, 0.2) is 6.10 Å². The summed E-state index contributed by atoms with van der Waals surface area (Å²) in [7, 11) is -3.46. The summed E-state index contributed by atoms with van der Waals surface area (Å²) in [6.07, 6.45) is 0.328. The number of benzene rings is 2. The molecule has 1 aliphatic heterocycles. The number of fused-ring (bicyclic) bond motifs is 1. The topological polar surface area (TPSA) is 84.5 Å². The number of carbonyl (C=O) groups excluding carboxylic acids is 1. The lowest BCUT2D eigenvalue weighted by atomic mass is 10.1. The van der Waals surface area contributed by atoms with Gasteiger partial charge in [0.05, 0.1) is 18.0 Å². The average molecular weight is 360 g/mol. The first-order valence-corrected chi connectivity index (χ1v) is 9.76. The summed E-state index contributed by atoms with van der Waals surface area (Å²) in [6, 6.07) is 16.8. The molecule has 0 saturated carbocycles.